The number of aromatic amines is 1. The van der Waals surface area contributed by atoms with E-state index < -0.39 is 0 Å². The normalized spacial score (nSPS) is 13.3. The highest BCUT2D eigenvalue weighted by molar-refractivity contribution is 5.64. The third-order valence-corrected chi connectivity index (χ3v) is 2.42. The van der Waals surface area contributed by atoms with E-state index in [-0.39, 0.29) is 0 Å². The van der Waals surface area contributed by atoms with Gasteiger partial charge >= 0.3 is 0 Å². The van der Waals surface area contributed by atoms with Crippen LogP contribution in [-0.4, -0.2) is 19.9 Å². The predicted octanol–water partition coefficient (Wildman–Crippen LogP) is 1.94. The molecule has 0 saturated heterocycles. The van der Waals surface area contributed by atoms with Crippen molar-refractivity contribution in [3.8, 4) is 0 Å². The maximum atomic E-state index is 4.37. The first-order chi connectivity index (χ1) is 6.79. The Kier molecular flexibility index (Phi) is 2.43. The van der Waals surface area contributed by atoms with Crippen molar-refractivity contribution < 1.29 is 0 Å². The highest BCUT2D eigenvalue weighted by Gasteiger charge is 2.07. The number of nitrogens with one attached hydrogen (secondary N) is 1. The van der Waals surface area contributed by atoms with E-state index in [0.717, 1.165) is 24.3 Å². The quantitative estimate of drug-likeness (QED) is 0.804. The summed E-state index contributed by atoms with van der Waals surface area (Å²) in [7, 11) is 0. The molecule has 0 saturated carbocycles. The van der Waals surface area contributed by atoms with E-state index in [9.17, 15) is 0 Å². The van der Waals surface area contributed by atoms with Gasteiger partial charge in [-0.2, -0.15) is 0 Å². The molecule has 2 rings (SSSR count). The van der Waals surface area contributed by atoms with E-state index >= 15 is 0 Å². The first-order valence-electron chi connectivity index (χ1n) is 4.95. The van der Waals surface area contributed by atoms with Gasteiger partial charge in [0.25, 0.3) is 0 Å². The number of hydrogen-bond acceptors (Lipinski definition) is 3. The van der Waals surface area contributed by atoms with E-state index in [1.807, 2.05) is 0 Å². The molecule has 0 spiro atoms. The molecule has 1 N–H and O–H groups in total. The molecule has 14 heavy (non-hydrogen) atoms. The molecule has 0 radical (unpaired) electrons. The SMILES string of the molecule is CCC(C)Cc1nc2nccnc2[nH]1. The molecule has 4 heteroatoms. The fraction of sp³-hybridized carbons (Fsp3) is 0.500. The van der Waals surface area contributed by atoms with Crippen molar-refractivity contribution in [2.75, 3.05) is 0 Å². The molecule has 0 aliphatic heterocycles. The van der Waals surface area contributed by atoms with Gasteiger partial charge in [0.1, 0.15) is 5.82 Å². The molecule has 1 unspecified atom stereocenters. The van der Waals surface area contributed by atoms with Crippen LogP contribution in [0.4, 0.5) is 0 Å². The topological polar surface area (TPSA) is 54.5 Å². The third-order valence-electron chi connectivity index (χ3n) is 2.42. The fourth-order valence-corrected chi connectivity index (χ4v) is 1.36. The summed E-state index contributed by atoms with van der Waals surface area (Å²) in [4.78, 5) is 15.8. The van der Waals surface area contributed by atoms with Gasteiger partial charge < -0.3 is 4.98 Å². The minimum absolute atomic E-state index is 0.649. The molecule has 0 aromatic carbocycles. The second kappa shape index (κ2) is 3.74. The highest BCUT2D eigenvalue weighted by atomic mass is 15.0. The van der Waals surface area contributed by atoms with Gasteiger partial charge in [-0.25, -0.2) is 15.0 Å². The zero-order valence-corrected chi connectivity index (χ0v) is 8.49. The van der Waals surface area contributed by atoms with E-state index in [0.29, 0.717) is 11.6 Å². The van der Waals surface area contributed by atoms with E-state index in [1.165, 1.54) is 0 Å². The van der Waals surface area contributed by atoms with E-state index in [4.69, 9.17) is 0 Å². The lowest BCUT2D eigenvalue weighted by Gasteiger charge is -2.03. The average molecular weight is 190 g/mol. The summed E-state index contributed by atoms with van der Waals surface area (Å²) in [6.07, 6.45) is 5.47. The standard InChI is InChI=1S/C10H14N4/c1-3-7(2)6-8-13-9-10(14-8)12-5-4-11-9/h4-5,7H,3,6H2,1-2H3,(H,11,12,13,14). The molecule has 2 aromatic heterocycles. The first kappa shape index (κ1) is 9.12. The summed E-state index contributed by atoms with van der Waals surface area (Å²) in [6, 6.07) is 0. The van der Waals surface area contributed by atoms with Crippen molar-refractivity contribution in [3.05, 3.63) is 18.2 Å². The second-order valence-electron chi connectivity index (χ2n) is 3.63. The molecule has 2 heterocycles. The maximum absolute atomic E-state index is 4.37. The molecular formula is C10H14N4. The van der Waals surface area contributed by atoms with Crippen molar-refractivity contribution in [1.82, 2.24) is 19.9 Å². The van der Waals surface area contributed by atoms with E-state index in [1.54, 1.807) is 12.4 Å². The zero-order chi connectivity index (χ0) is 9.97. The fourth-order valence-electron chi connectivity index (χ4n) is 1.36. The lowest BCUT2D eigenvalue weighted by atomic mass is 10.1. The Bertz CT molecular complexity index is 388. The van der Waals surface area contributed by atoms with Gasteiger partial charge in [-0.1, -0.05) is 20.3 Å². The number of nitrogens with zero attached hydrogens (tertiary/aromatic N) is 3. The minimum atomic E-state index is 0.649. The predicted molar refractivity (Wildman–Crippen MR) is 54.8 cm³/mol. The van der Waals surface area contributed by atoms with Gasteiger partial charge in [0, 0.05) is 18.8 Å². The molecule has 0 fully saturated rings. The van der Waals surface area contributed by atoms with E-state index in [2.05, 4.69) is 33.8 Å². The van der Waals surface area contributed by atoms with Gasteiger partial charge in [-0.3, -0.25) is 0 Å². The van der Waals surface area contributed by atoms with Crippen LogP contribution in [0.2, 0.25) is 0 Å². The average Bonchev–Trinajstić information content (AvgIpc) is 2.59. The van der Waals surface area contributed by atoms with Crippen LogP contribution in [0.3, 0.4) is 0 Å². The van der Waals surface area contributed by atoms with Gasteiger partial charge in [-0.15, -0.1) is 0 Å². The van der Waals surface area contributed by atoms with Crippen molar-refractivity contribution in [2.45, 2.75) is 26.7 Å². The number of imidazole rings is 1. The Morgan fingerprint density at radius 2 is 2.14 bits per heavy atom. The van der Waals surface area contributed by atoms with Crippen molar-refractivity contribution >= 4 is 11.3 Å². The molecular weight excluding hydrogens is 176 g/mol. The van der Waals surface area contributed by atoms with Crippen LogP contribution in [0.15, 0.2) is 12.4 Å². The van der Waals surface area contributed by atoms with Crippen LogP contribution >= 0.6 is 0 Å². The largest absolute Gasteiger partial charge is 0.325 e. The van der Waals surface area contributed by atoms with Crippen molar-refractivity contribution in [2.24, 2.45) is 5.92 Å². The summed E-state index contributed by atoms with van der Waals surface area (Å²) < 4.78 is 0. The number of H-pyrrole nitrogens is 1. The van der Waals surface area contributed by atoms with Crippen molar-refractivity contribution in [3.63, 3.8) is 0 Å². The first-order valence-corrected chi connectivity index (χ1v) is 4.95. The number of fused-ring (bicyclic) bond motifs is 1. The van der Waals surface area contributed by atoms with Gasteiger partial charge in [0.15, 0.2) is 11.3 Å². The second-order valence-corrected chi connectivity index (χ2v) is 3.63. The zero-order valence-electron chi connectivity index (χ0n) is 8.49. The monoisotopic (exact) mass is 190 g/mol. The van der Waals surface area contributed by atoms with Crippen LogP contribution in [0.1, 0.15) is 26.1 Å². The Morgan fingerprint density at radius 1 is 1.36 bits per heavy atom. The van der Waals surface area contributed by atoms with Crippen LogP contribution in [-0.2, 0) is 6.42 Å². The smallest absolute Gasteiger partial charge is 0.197 e. The molecule has 0 aliphatic rings. The number of rotatable bonds is 3. The highest BCUT2D eigenvalue weighted by Crippen LogP contribution is 2.11. The molecule has 2 aromatic rings. The Morgan fingerprint density at radius 3 is 2.86 bits per heavy atom. The molecule has 1 atom stereocenters. The van der Waals surface area contributed by atoms with Gasteiger partial charge in [0.2, 0.25) is 0 Å². The number of hydrogen-bond donors (Lipinski definition) is 1. The Labute approximate surface area is 82.8 Å². The van der Waals surface area contributed by atoms with Crippen LogP contribution < -0.4 is 0 Å². The van der Waals surface area contributed by atoms with Crippen LogP contribution in [0.5, 0.6) is 0 Å². The van der Waals surface area contributed by atoms with Gasteiger partial charge in [-0.05, 0) is 5.92 Å². The molecule has 74 valence electrons. The summed E-state index contributed by atoms with van der Waals surface area (Å²) in [6.45, 7) is 4.40. The molecule has 0 aliphatic carbocycles. The maximum Gasteiger partial charge on any atom is 0.197 e. The number of aromatic nitrogens is 4. The molecule has 0 bridgehead atoms. The summed E-state index contributed by atoms with van der Waals surface area (Å²) in [5.41, 5.74) is 1.50. The summed E-state index contributed by atoms with van der Waals surface area (Å²) >= 11 is 0. The van der Waals surface area contributed by atoms with Gasteiger partial charge in [0.05, 0.1) is 0 Å². The lowest BCUT2D eigenvalue weighted by Crippen LogP contribution is -1.99. The van der Waals surface area contributed by atoms with Crippen LogP contribution in [0.25, 0.3) is 11.3 Å². The van der Waals surface area contributed by atoms with Crippen LogP contribution in [0, 0.1) is 5.92 Å². The Hall–Kier alpha value is -1.45. The summed E-state index contributed by atoms with van der Waals surface area (Å²) in [5.74, 6) is 1.64. The minimum Gasteiger partial charge on any atom is -0.325 e. The third kappa shape index (κ3) is 1.73. The molecule has 0 amide bonds. The Balaban J connectivity index is 2.27. The summed E-state index contributed by atoms with van der Waals surface area (Å²) in [5, 5.41) is 0. The molecule has 4 nitrogen and oxygen atoms in total. The van der Waals surface area contributed by atoms with Crippen molar-refractivity contribution in [1.29, 1.82) is 0 Å². The lowest BCUT2D eigenvalue weighted by molar-refractivity contribution is 0.547.